The fraction of sp³-hybridized carbons (Fsp3) is 0.188. The molecule has 0 aliphatic rings. The number of rotatable bonds is 5. The van der Waals surface area contributed by atoms with Gasteiger partial charge in [-0.3, -0.25) is 0 Å². The minimum Gasteiger partial charge on any atom is -0.448 e. The Kier molecular flexibility index (Phi) is 7.07. The Morgan fingerprint density at radius 1 is 1.00 bits per heavy atom. The van der Waals surface area contributed by atoms with Crippen LogP contribution in [0.4, 0.5) is 40.8 Å². The molecular weight excluding hydrogens is 520 g/mol. The number of nitrogens with two attached hydrogens (primary N) is 1. The predicted molar refractivity (Wildman–Crippen MR) is 94.3 cm³/mol. The molecule has 0 saturated heterocycles. The van der Waals surface area contributed by atoms with Gasteiger partial charge < -0.3 is 15.2 Å². The van der Waals surface area contributed by atoms with Crippen LogP contribution in [0.25, 0.3) is 0 Å². The van der Waals surface area contributed by atoms with Gasteiger partial charge >= 0.3 is 12.5 Å². The van der Waals surface area contributed by atoms with Crippen molar-refractivity contribution in [3.8, 4) is 17.2 Å². The molecule has 0 aliphatic carbocycles. The highest BCUT2D eigenvalue weighted by atomic mass is 79.9. The van der Waals surface area contributed by atoms with E-state index in [0.717, 1.165) is 6.07 Å². The van der Waals surface area contributed by atoms with Crippen LogP contribution in [0.1, 0.15) is 5.56 Å². The maximum Gasteiger partial charge on any atom is 0.573 e. The van der Waals surface area contributed by atoms with Crippen LogP contribution in [-0.2, 0) is 6.18 Å². The van der Waals surface area contributed by atoms with Crippen LogP contribution < -0.4 is 15.2 Å². The van der Waals surface area contributed by atoms with E-state index < -0.39 is 52.7 Å². The van der Waals surface area contributed by atoms with Gasteiger partial charge in [0.15, 0.2) is 23.1 Å². The number of nitrogens with zero attached hydrogens (tertiary/aromatic N) is 1. The highest BCUT2D eigenvalue weighted by Gasteiger charge is 2.34. The average molecular weight is 528 g/mol. The van der Waals surface area contributed by atoms with Gasteiger partial charge in [-0.15, -0.1) is 24.8 Å². The Hall–Kier alpha value is -2.28. The number of hydrogen-bond donors (Lipinski definition) is 1. The summed E-state index contributed by atoms with van der Waals surface area (Å²) >= 11 is 8.29. The highest BCUT2D eigenvalue weighted by molar-refractivity contribution is 9.10. The van der Waals surface area contributed by atoms with Gasteiger partial charge in [0.2, 0.25) is 0 Å². The molecule has 0 fully saturated rings. The van der Waals surface area contributed by atoms with Crippen molar-refractivity contribution in [2.45, 2.75) is 12.5 Å². The zero-order chi connectivity index (χ0) is 22.9. The summed E-state index contributed by atoms with van der Waals surface area (Å²) in [7, 11) is 0. The second kappa shape index (κ2) is 8.84. The maximum atomic E-state index is 14.1. The van der Waals surface area contributed by atoms with Gasteiger partial charge in [0.25, 0.3) is 0 Å². The van der Waals surface area contributed by atoms with E-state index in [-0.39, 0.29) is 28.3 Å². The third-order valence-electron chi connectivity index (χ3n) is 3.16. The topological polar surface area (TPSA) is 56.8 Å². The van der Waals surface area contributed by atoms with E-state index >= 15 is 0 Å². The molecule has 0 radical (unpaired) electrons. The molecule has 0 bridgehead atoms. The first-order chi connectivity index (χ1) is 13.7. The molecule has 0 atom stereocenters. The Morgan fingerprint density at radius 3 is 2.03 bits per heavy atom. The third kappa shape index (κ3) is 6.11. The molecule has 4 nitrogen and oxygen atoms in total. The lowest BCUT2D eigenvalue weighted by molar-refractivity contribution is -0.274. The second-order valence-electron chi connectivity index (χ2n) is 5.41. The summed E-state index contributed by atoms with van der Waals surface area (Å²) in [6.07, 6.45) is -10.1. The number of hydrogen-bond acceptors (Lipinski definition) is 3. The van der Waals surface area contributed by atoms with Gasteiger partial charge in [0, 0.05) is 6.07 Å². The monoisotopic (exact) mass is 526 g/mol. The van der Waals surface area contributed by atoms with Crippen molar-refractivity contribution in [2.75, 3.05) is 5.88 Å². The predicted octanol–water partition coefficient (Wildman–Crippen LogP) is 6.66. The van der Waals surface area contributed by atoms with Gasteiger partial charge in [0.05, 0.1) is 15.9 Å². The second-order valence-corrected chi connectivity index (χ2v) is 6.53. The molecule has 2 aromatic carbocycles. The Bertz CT molecular complexity index is 956. The van der Waals surface area contributed by atoms with Crippen LogP contribution >= 0.6 is 27.5 Å². The van der Waals surface area contributed by atoms with Crippen molar-refractivity contribution < 1.29 is 44.6 Å². The van der Waals surface area contributed by atoms with Crippen LogP contribution in [0.3, 0.4) is 0 Å². The number of benzene rings is 2. The van der Waals surface area contributed by atoms with E-state index in [1.807, 2.05) is 0 Å². The summed E-state index contributed by atoms with van der Waals surface area (Å²) in [5, 5.41) is 0. The van der Waals surface area contributed by atoms with E-state index in [0.29, 0.717) is 6.07 Å². The summed E-state index contributed by atoms with van der Waals surface area (Å²) in [5.41, 5.74) is 3.32. The minimum absolute atomic E-state index is 0.0104. The zero-order valence-electron chi connectivity index (χ0n) is 14.1. The molecule has 0 aliphatic heterocycles. The molecule has 0 heterocycles. The molecule has 0 saturated carbocycles. The number of amidine groups is 1. The molecular formula is C16H8BrClF8N2O2. The van der Waals surface area contributed by atoms with Crippen LogP contribution in [0.15, 0.2) is 33.7 Å². The lowest BCUT2D eigenvalue weighted by atomic mass is 10.2. The third-order valence-corrected chi connectivity index (χ3v) is 4.02. The first kappa shape index (κ1) is 24.0. The number of ether oxygens (including phenoxy) is 2. The first-order valence-electron chi connectivity index (χ1n) is 7.43. The maximum absolute atomic E-state index is 14.1. The molecule has 0 spiro atoms. The summed E-state index contributed by atoms with van der Waals surface area (Å²) in [5.74, 6) is -6.73. The van der Waals surface area contributed by atoms with Crippen molar-refractivity contribution in [1.82, 2.24) is 0 Å². The smallest absolute Gasteiger partial charge is 0.448 e. The Morgan fingerprint density at radius 2 is 1.57 bits per heavy atom. The van der Waals surface area contributed by atoms with Crippen molar-refractivity contribution in [1.29, 1.82) is 0 Å². The lowest BCUT2D eigenvalue weighted by Gasteiger charge is -2.16. The van der Waals surface area contributed by atoms with Crippen molar-refractivity contribution >= 4 is 39.1 Å². The fourth-order valence-corrected chi connectivity index (χ4v) is 2.61. The van der Waals surface area contributed by atoms with E-state index in [1.54, 1.807) is 0 Å². The summed E-state index contributed by atoms with van der Waals surface area (Å²) in [4.78, 5) is 3.68. The van der Waals surface area contributed by atoms with E-state index in [1.165, 1.54) is 0 Å². The van der Waals surface area contributed by atoms with Crippen molar-refractivity contribution in [3.05, 3.63) is 45.9 Å². The van der Waals surface area contributed by atoms with Gasteiger partial charge in [-0.2, -0.15) is 13.2 Å². The van der Waals surface area contributed by atoms with Gasteiger partial charge in [-0.1, -0.05) is 0 Å². The number of alkyl halides is 7. The number of aliphatic imine (C=N–C) groups is 1. The minimum atomic E-state index is -5.08. The van der Waals surface area contributed by atoms with Crippen LogP contribution in [0.2, 0.25) is 0 Å². The SMILES string of the molecule is NC(CCl)=Nc1cc(OC(F)(F)F)cc(Br)c1Oc1c(F)cc(C(F)(F)F)cc1F. The molecule has 2 rings (SSSR count). The zero-order valence-corrected chi connectivity index (χ0v) is 16.5. The lowest BCUT2D eigenvalue weighted by Crippen LogP contribution is -2.17. The van der Waals surface area contributed by atoms with Crippen LogP contribution in [-0.4, -0.2) is 18.1 Å². The molecule has 164 valence electrons. The van der Waals surface area contributed by atoms with Crippen molar-refractivity contribution in [2.24, 2.45) is 10.7 Å². The quantitative estimate of drug-likeness (QED) is 0.205. The summed E-state index contributed by atoms with van der Waals surface area (Å²) in [6.45, 7) is 0. The van der Waals surface area contributed by atoms with Crippen molar-refractivity contribution in [3.63, 3.8) is 0 Å². The molecule has 30 heavy (non-hydrogen) atoms. The largest absolute Gasteiger partial charge is 0.573 e. The van der Waals surface area contributed by atoms with Gasteiger partial charge in [-0.05, 0) is 34.1 Å². The van der Waals surface area contributed by atoms with E-state index in [2.05, 4.69) is 25.7 Å². The molecule has 14 heteroatoms. The molecule has 0 aromatic heterocycles. The van der Waals surface area contributed by atoms with Crippen LogP contribution in [0, 0.1) is 11.6 Å². The molecule has 2 N–H and O–H groups in total. The first-order valence-corrected chi connectivity index (χ1v) is 8.76. The molecule has 0 amide bonds. The molecule has 0 unspecified atom stereocenters. The number of halogens is 10. The van der Waals surface area contributed by atoms with Gasteiger partial charge in [-0.25, -0.2) is 13.8 Å². The van der Waals surface area contributed by atoms with Crippen LogP contribution in [0.5, 0.6) is 17.2 Å². The summed E-state index contributed by atoms with van der Waals surface area (Å²) < 4.78 is 112. The standard InChI is InChI=1S/C16H8BrClF8N2O2/c17-8-3-7(30-16(24,25)26)4-11(28-12(27)5-18)13(8)29-14-9(19)1-6(2-10(14)20)15(21,22)23/h1-4H,5H2,(H2,27,28). The Labute approximate surface area is 176 Å². The normalized spacial score (nSPS) is 12.8. The average Bonchev–Trinajstić information content (AvgIpc) is 2.57. The van der Waals surface area contributed by atoms with E-state index in [4.69, 9.17) is 22.1 Å². The highest BCUT2D eigenvalue weighted by Crippen LogP contribution is 2.44. The summed E-state index contributed by atoms with van der Waals surface area (Å²) in [6, 6.07) is 1.39. The fourth-order valence-electron chi connectivity index (χ4n) is 2.04. The van der Waals surface area contributed by atoms with Gasteiger partial charge in [0.1, 0.15) is 17.3 Å². The Balaban J connectivity index is 2.59. The van der Waals surface area contributed by atoms with E-state index in [9.17, 15) is 35.1 Å². The molecule has 2 aromatic rings.